The van der Waals surface area contributed by atoms with Crippen LogP contribution in [0.15, 0.2) is 24.3 Å². The van der Waals surface area contributed by atoms with Gasteiger partial charge in [-0.25, -0.2) is 0 Å². The molecule has 0 aliphatic carbocycles. The molecule has 0 spiro atoms. The van der Waals surface area contributed by atoms with Crippen LogP contribution in [0.4, 0.5) is 5.69 Å². The Labute approximate surface area is 144 Å². The van der Waals surface area contributed by atoms with Crippen LogP contribution in [0.2, 0.25) is 0 Å². The highest BCUT2D eigenvalue weighted by atomic mass is 16.7. The van der Waals surface area contributed by atoms with Crippen LogP contribution in [-0.2, 0) is 18.8 Å². The second-order valence-corrected chi connectivity index (χ2v) is 7.64. The third kappa shape index (κ3) is 3.05. The minimum Gasteiger partial charge on any atom is -0.469 e. The Morgan fingerprint density at radius 2 is 1.92 bits per heavy atom. The molecule has 3 rings (SSSR count). The molecule has 1 aromatic carbocycles. The van der Waals surface area contributed by atoms with Crippen molar-refractivity contribution in [3.05, 3.63) is 24.3 Å². The molecule has 2 aliphatic heterocycles. The van der Waals surface area contributed by atoms with Crippen molar-refractivity contribution in [1.29, 1.82) is 0 Å². The van der Waals surface area contributed by atoms with Gasteiger partial charge >= 0.3 is 13.1 Å². The van der Waals surface area contributed by atoms with Gasteiger partial charge in [-0.15, -0.1) is 0 Å². The summed E-state index contributed by atoms with van der Waals surface area (Å²) in [5.41, 5.74) is 1.40. The molecule has 2 aliphatic rings. The third-order valence-electron chi connectivity index (χ3n) is 5.48. The van der Waals surface area contributed by atoms with Crippen LogP contribution in [0.3, 0.4) is 0 Å². The Hall–Kier alpha value is -1.53. The SMILES string of the molecule is COC(=O)C1CCN(c2cccc(B3OC(C)(C)C(C)(C)O3)c2)C1. The molecule has 0 amide bonds. The molecule has 0 saturated carbocycles. The van der Waals surface area contributed by atoms with Crippen LogP contribution in [0, 0.1) is 5.92 Å². The van der Waals surface area contributed by atoms with Crippen molar-refractivity contribution in [2.75, 3.05) is 25.1 Å². The first-order chi connectivity index (χ1) is 11.2. The van der Waals surface area contributed by atoms with Gasteiger partial charge in [0.2, 0.25) is 0 Å². The fourth-order valence-electron chi connectivity index (χ4n) is 3.20. The molecule has 1 unspecified atom stereocenters. The van der Waals surface area contributed by atoms with Gasteiger partial charge in [-0.3, -0.25) is 4.79 Å². The van der Waals surface area contributed by atoms with Crippen LogP contribution >= 0.6 is 0 Å². The number of hydrogen-bond donors (Lipinski definition) is 0. The number of carbonyl (C=O) groups excluding carboxylic acids is 1. The predicted molar refractivity (Wildman–Crippen MR) is 94.5 cm³/mol. The van der Waals surface area contributed by atoms with E-state index in [4.69, 9.17) is 14.0 Å². The lowest BCUT2D eigenvalue weighted by molar-refractivity contribution is -0.144. The molecular formula is C18H26BNO4. The van der Waals surface area contributed by atoms with Gasteiger partial charge in [0.15, 0.2) is 0 Å². The largest absolute Gasteiger partial charge is 0.494 e. The summed E-state index contributed by atoms with van der Waals surface area (Å²) >= 11 is 0. The maximum absolute atomic E-state index is 11.7. The van der Waals surface area contributed by atoms with E-state index >= 15 is 0 Å². The second-order valence-electron chi connectivity index (χ2n) is 7.64. The second kappa shape index (κ2) is 6.08. The van der Waals surface area contributed by atoms with Crippen LogP contribution in [0.5, 0.6) is 0 Å². The lowest BCUT2D eigenvalue weighted by Crippen LogP contribution is -2.41. The monoisotopic (exact) mass is 331 g/mol. The van der Waals surface area contributed by atoms with Gasteiger partial charge in [-0.2, -0.15) is 0 Å². The maximum atomic E-state index is 11.7. The van der Waals surface area contributed by atoms with E-state index in [1.54, 1.807) is 0 Å². The first-order valence-corrected chi connectivity index (χ1v) is 8.52. The molecule has 1 aromatic rings. The minimum atomic E-state index is -0.367. The molecule has 6 heteroatoms. The summed E-state index contributed by atoms with van der Waals surface area (Å²) in [4.78, 5) is 13.9. The fourth-order valence-corrected chi connectivity index (χ4v) is 3.20. The van der Waals surface area contributed by atoms with Crippen molar-refractivity contribution in [3.8, 4) is 0 Å². The summed E-state index contributed by atoms with van der Waals surface area (Å²) in [5.74, 6) is -0.171. The normalized spacial score (nSPS) is 25.1. The highest BCUT2D eigenvalue weighted by Gasteiger charge is 2.51. The highest BCUT2D eigenvalue weighted by molar-refractivity contribution is 6.62. The number of carbonyl (C=O) groups is 1. The van der Waals surface area contributed by atoms with E-state index in [1.807, 2.05) is 12.1 Å². The molecule has 2 saturated heterocycles. The number of rotatable bonds is 3. The van der Waals surface area contributed by atoms with Crippen LogP contribution in [0.25, 0.3) is 0 Å². The van der Waals surface area contributed by atoms with Crippen molar-refractivity contribution in [1.82, 2.24) is 0 Å². The number of methoxy groups -OCH3 is 1. The molecule has 0 bridgehead atoms. The number of anilines is 1. The van der Waals surface area contributed by atoms with E-state index in [0.717, 1.165) is 24.1 Å². The van der Waals surface area contributed by atoms with Crippen LogP contribution < -0.4 is 10.4 Å². The zero-order valence-corrected chi connectivity index (χ0v) is 15.2. The average molecular weight is 331 g/mol. The lowest BCUT2D eigenvalue weighted by Gasteiger charge is -2.32. The van der Waals surface area contributed by atoms with Crippen molar-refractivity contribution in [2.24, 2.45) is 5.92 Å². The molecule has 5 nitrogen and oxygen atoms in total. The minimum absolute atomic E-state index is 0.0458. The number of esters is 1. The molecule has 0 N–H and O–H groups in total. The summed E-state index contributed by atoms with van der Waals surface area (Å²) in [6.07, 6.45) is 0.827. The van der Waals surface area contributed by atoms with Gasteiger partial charge in [0, 0.05) is 18.8 Å². The Balaban J connectivity index is 1.75. The molecule has 2 fully saturated rings. The van der Waals surface area contributed by atoms with E-state index in [9.17, 15) is 4.79 Å². The standard InChI is InChI=1S/C18H26BNO4/c1-17(2)18(3,4)24-19(23-17)14-7-6-8-15(11-14)20-10-9-13(12-20)16(21)22-5/h6-8,11,13H,9-10,12H2,1-5H3. The van der Waals surface area contributed by atoms with E-state index in [1.165, 1.54) is 7.11 Å². The van der Waals surface area contributed by atoms with Gasteiger partial charge in [-0.05, 0) is 51.7 Å². The van der Waals surface area contributed by atoms with E-state index in [0.29, 0.717) is 6.54 Å². The fraction of sp³-hybridized carbons (Fsp3) is 0.611. The summed E-state index contributed by atoms with van der Waals surface area (Å²) in [5, 5.41) is 0. The van der Waals surface area contributed by atoms with Gasteiger partial charge < -0.3 is 18.9 Å². The predicted octanol–water partition coefficient (Wildman–Crippen LogP) is 1.99. The lowest BCUT2D eigenvalue weighted by atomic mass is 9.79. The summed E-state index contributed by atoms with van der Waals surface area (Å²) in [6, 6.07) is 8.21. The quantitative estimate of drug-likeness (QED) is 0.626. The van der Waals surface area contributed by atoms with Crippen LogP contribution in [0.1, 0.15) is 34.1 Å². The van der Waals surface area contributed by atoms with Gasteiger partial charge in [-0.1, -0.05) is 12.1 Å². The van der Waals surface area contributed by atoms with Crippen molar-refractivity contribution < 1.29 is 18.8 Å². The number of hydrogen-bond acceptors (Lipinski definition) is 5. The van der Waals surface area contributed by atoms with Crippen molar-refractivity contribution >= 4 is 24.2 Å². The Bertz CT molecular complexity index is 615. The molecule has 2 heterocycles. The summed E-state index contributed by atoms with van der Waals surface area (Å²) < 4.78 is 17.1. The topological polar surface area (TPSA) is 48.0 Å². The molecule has 0 aromatic heterocycles. The molecular weight excluding hydrogens is 305 g/mol. The van der Waals surface area contributed by atoms with E-state index in [2.05, 4.69) is 44.7 Å². The van der Waals surface area contributed by atoms with Crippen molar-refractivity contribution in [2.45, 2.75) is 45.3 Å². The molecule has 24 heavy (non-hydrogen) atoms. The maximum Gasteiger partial charge on any atom is 0.494 e. The zero-order chi connectivity index (χ0) is 17.5. The summed E-state index contributed by atoms with van der Waals surface area (Å²) in [6.45, 7) is 9.76. The van der Waals surface area contributed by atoms with E-state index in [-0.39, 0.29) is 30.2 Å². The molecule has 130 valence electrons. The Morgan fingerprint density at radius 1 is 1.25 bits per heavy atom. The first kappa shape index (κ1) is 17.3. The number of benzene rings is 1. The van der Waals surface area contributed by atoms with Crippen LogP contribution in [-0.4, -0.2) is 44.5 Å². The molecule has 1 atom stereocenters. The van der Waals surface area contributed by atoms with E-state index < -0.39 is 0 Å². The first-order valence-electron chi connectivity index (χ1n) is 8.52. The smallest absolute Gasteiger partial charge is 0.469 e. The average Bonchev–Trinajstić information content (AvgIpc) is 3.10. The number of ether oxygens (including phenoxy) is 1. The Morgan fingerprint density at radius 3 is 2.54 bits per heavy atom. The molecule has 0 radical (unpaired) electrons. The zero-order valence-electron chi connectivity index (χ0n) is 15.2. The Kier molecular flexibility index (Phi) is 4.38. The van der Waals surface area contributed by atoms with Gasteiger partial charge in [0.1, 0.15) is 0 Å². The van der Waals surface area contributed by atoms with Gasteiger partial charge in [0.25, 0.3) is 0 Å². The summed E-state index contributed by atoms with van der Waals surface area (Å²) in [7, 11) is 1.08. The van der Waals surface area contributed by atoms with Crippen molar-refractivity contribution in [3.63, 3.8) is 0 Å². The third-order valence-corrected chi connectivity index (χ3v) is 5.48. The highest BCUT2D eigenvalue weighted by Crippen LogP contribution is 2.36. The van der Waals surface area contributed by atoms with Gasteiger partial charge in [0.05, 0.1) is 24.2 Å². The number of nitrogens with zero attached hydrogens (tertiary/aromatic N) is 1.